The van der Waals surface area contributed by atoms with Crippen LogP contribution in [0.2, 0.25) is 0 Å². The molecule has 0 spiro atoms. The van der Waals surface area contributed by atoms with E-state index in [9.17, 15) is 4.79 Å². The van der Waals surface area contributed by atoms with Crippen molar-refractivity contribution in [1.82, 2.24) is 15.5 Å². The number of hydrogen-bond donors (Lipinski definition) is 2. The third kappa shape index (κ3) is 6.49. The average Bonchev–Trinajstić information content (AvgIpc) is 3.22. The van der Waals surface area contributed by atoms with Gasteiger partial charge in [0.2, 0.25) is 5.91 Å². The molecule has 30 heavy (non-hydrogen) atoms. The number of fused-ring (bicyclic) bond motifs is 1. The van der Waals surface area contributed by atoms with Gasteiger partial charge in [0.1, 0.15) is 5.75 Å². The lowest BCUT2D eigenvalue weighted by Crippen LogP contribution is -2.50. The lowest BCUT2D eigenvalue weighted by molar-refractivity contribution is -0.136. The number of piperidine rings is 1. The normalized spacial score (nSPS) is 16.7. The minimum atomic E-state index is 0. The summed E-state index contributed by atoms with van der Waals surface area (Å²) in [5, 5.41) is 6.96. The van der Waals surface area contributed by atoms with Crippen LogP contribution in [0.1, 0.15) is 50.7 Å². The summed E-state index contributed by atoms with van der Waals surface area (Å²) >= 11 is 0. The summed E-state index contributed by atoms with van der Waals surface area (Å²) in [7, 11) is 1.81. The van der Waals surface area contributed by atoms with E-state index in [2.05, 4.69) is 47.7 Å². The Hall–Kier alpha value is -1.51. The van der Waals surface area contributed by atoms with Crippen LogP contribution < -0.4 is 15.4 Å². The zero-order chi connectivity index (χ0) is 20.6. The van der Waals surface area contributed by atoms with Gasteiger partial charge < -0.3 is 20.3 Å². The highest BCUT2D eigenvalue weighted by molar-refractivity contribution is 14.0. The number of aliphatic imine (C=N–C) groups is 1. The molecule has 0 unspecified atom stereocenters. The number of amides is 1. The number of guanidine groups is 1. The van der Waals surface area contributed by atoms with Crippen LogP contribution in [0.4, 0.5) is 0 Å². The summed E-state index contributed by atoms with van der Waals surface area (Å²) in [5.41, 5.74) is 2.64. The van der Waals surface area contributed by atoms with E-state index in [1.54, 1.807) is 0 Å². The summed E-state index contributed by atoms with van der Waals surface area (Å²) in [6, 6.07) is 6.85. The van der Waals surface area contributed by atoms with Crippen molar-refractivity contribution < 1.29 is 9.53 Å². The number of hydrogen-bond acceptors (Lipinski definition) is 3. The number of halogens is 1. The lowest BCUT2D eigenvalue weighted by atomic mass is 9.98. The number of ether oxygens (including phenoxy) is 1. The van der Waals surface area contributed by atoms with Crippen LogP contribution in [0.5, 0.6) is 5.75 Å². The van der Waals surface area contributed by atoms with Crippen LogP contribution in [0, 0.1) is 5.92 Å². The molecule has 7 heteroatoms. The van der Waals surface area contributed by atoms with Crippen LogP contribution in [-0.2, 0) is 17.6 Å². The molecule has 1 fully saturated rings. The fourth-order valence-corrected chi connectivity index (χ4v) is 4.25. The smallest absolute Gasteiger partial charge is 0.225 e. The molecule has 0 saturated carbocycles. The highest BCUT2D eigenvalue weighted by Crippen LogP contribution is 2.25. The summed E-state index contributed by atoms with van der Waals surface area (Å²) in [6.45, 7) is 7.52. The van der Waals surface area contributed by atoms with E-state index in [-0.39, 0.29) is 29.9 Å². The van der Waals surface area contributed by atoms with Crippen LogP contribution in [0.3, 0.4) is 0 Å². The second kappa shape index (κ2) is 12.4. The molecule has 168 valence electrons. The molecule has 2 aliphatic heterocycles. The van der Waals surface area contributed by atoms with Crippen molar-refractivity contribution in [3.05, 3.63) is 29.3 Å². The Morgan fingerprint density at radius 2 is 2.00 bits per heavy atom. The van der Waals surface area contributed by atoms with E-state index >= 15 is 0 Å². The molecule has 0 bridgehead atoms. The van der Waals surface area contributed by atoms with E-state index in [4.69, 9.17) is 4.74 Å². The summed E-state index contributed by atoms with van der Waals surface area (Å²) < 4.78 is 5.58. The molecular formula is C23H37IN4O2. The number of benzene rings is 1. The summed E-state index contributed by atoms with van der Waals surface area (Å²) in [4.78, 5) is 19.0. The highest BCUT2D eigenvalue weighted by Gasteiger charge is 2.26. The van der Waals surface area contributed by atoms with Crippen molar-refractivity contribution in [1.29, 1.82) is 0 Å². The zero-order valence-electron chi connectivity index (χ0n) is 18.6. The molecule has 0 atom stereocenters. The molecule has 1 aromatic carbocycles. The number of rotatable bonds is 7. The number of likely N-dealkylation sites (tertiary alicyclic amines) is 1. The Bertz CT molecular complexity index is 713. The van der Waals surface area contributed by atoms with E-state index in [0.29, 0.717) is 11.9 Å². The Kier molecular flexibility index (Phi) is 10.2. The topological polar surface area (TPSA) is 66.0 Å². The standard InChI is InChI=1S/C23H36N4O2.HI/c1-4-18(5-2)22(28)27-13-9-20(10-14-27)26-23(24-3)25-12-8-17-6-7-21-19(16-17)11-15-29-21;/h6-7,16,18,20H,4-5,8-15H2,1-3H3,(H2,24,25,26);1H. The minimum Gasteiger partial charge on any atom is -0.493 e. The molecule has 1 amide bonds. The molecule has 0 aromatic heterocycles. The quantitative estimate of drug-likeness (QED) is 0.324. The SMILES string of the molecule is CCC(CC)C(=O)N1CCC(NC(=NC)NCCc2ccc3c(c2)CCO3)CC1.I. The maximum absolute atomic E-state index is 12.6. The monoisotopic (exact) mass is 528 g/mol. The van der Waals surface area contributed by atoms with E-state index in [1.165, 1.54) is 11.1 Å². The van der Waals surface area contributed by atoms with Gasteiger partial charge in [0.25, 0.3) is 0 Å². The van der Waals surface area contributed by atoms with Gasteiger partial charge in [0.05, 0.1) is 6.61 Å². The van der Waals surface area contributed by atoms with Crippen molar-refractivity contribution in [2.45, 2.75) is 58.4 Å². The molecule has 2 aliphatic rings. The predicted octanol–water partition coefficient (Wildman–Crippen LogP) is 3.37. The van der Waals surface area contributed by atoms with E-state index in [1.807, 2.05) is 11.9 Å². The molecule has 1 saturated heterocycles. The van der Waals surface area contributed by atoms with Gasteiger partial charge >= 0.3 is 0 Å². The molecular weight excluding hydrogens is 491 g/mol. The zero-order valence-corrected chi connectivity index (χ0v) is 20.9. The van der Waals surface area contributed by atoms with Crippen molar-refractivity contribution in [2.24, 2.45) is 10.9 Å². The van der Waals surface area contributed by atoms with Gasteiger partial charge in [-0.15, -0.1) is 24.0 Å². The maximum Gasteiger partial charge on any atom is 0.225 e. The number of carbonyl (C=O) groups is 1. The third-order valence-electron chi connectivity index (χ3n) is 6.17. The van der Waals surface area contributed by atoms with Gasteiger partial charge in [-0.2, -0.15) is 0 Å². The molecule has 2 heterocycles. The van der Waals surface area contributed by atoms with Crippen molar-refractivity contribution in [2.75, 3.05) is 33.3 Å². The van der Waals surface area contributed by atoms with Crippen molar-refractivity contribution in [3.8, 4) is 5.75 Å². The lowest BCUT2D eigenvalue weighted by Gasteiger charge is -2.34. The van der Waals surface area contributed by atoms with Crippen molar-refractivity contribution >= 4 is 35.8 Å². The van der Waals surface area contributed by atoms with Crippen LogP contribution >= 0.6 is 24.0 Å². The maximum atomic E-state index is 12.6. The molecule has 0 aliphatic carbocycles. The fourth-order valence-electron chi connectivity index (χ4n) is 4.25. The third-order valence-corrected chi connectivity index (χ3v) is 6.17. The number of nitrogens with zero attached hydrogens (tertiary/aromatic N) is 2. The number of carbonyl (C=O) groups excluding carboxylic acids is 1. The average molecular weight is 528 g/mol. The summed E-state index contributed by atoms with van der Waals surface area (Å²) in [5.74, 6) is 2.39. The Balaban J connectivity index is 0.00000320. The van der Waals surface area contributed by atoms with Gasteiger partial charge in [-0.3, -0.25) is 9.79 Å². The van der Waals surface area contributed by atoms with Gasteiger partial charge in [-0.1, -0.05) is 26.0 Å². The number of nitrogens with one attached hydrogen (secondary N) is 2. The van der Waals surface area contributed by atoms with Crippen LogP contribution in [-0.4, -0.2) is 56.1 Å². The molecule has 1 aromatic rings. The second-order valence-corrected chi connectivity index (χ2v) is 8.05. The van der Waals surface area contributed by atoms with Crippen LogP contribution in [0.25, 0.3) is 0 Å². The fraction of sp³-hybridized carbons (Fsp3) is 0.652. The molecule has 2 N–H and O–H groups in total. The second-order valence-electron chi connectivity index (χ2n) is 8.05. The first-order chi connectivity index (χ1) is 14.1. The van der Waals surface area contributed by atoms with Gasteiger partial charge in [-0.05, 0) is 49.3 Å². The minimum absolute atomic E-state index is 0. The van der Waals surface area contributed by atoms with E-state index < -0.39 is 0 Å². The van der Waals surface area contributed by atoms with Crippen LogP contribution in [0.15, 0.2) is 23.2 Å². The highest BCUT2D eigenvalue weighted by atomic mass is 127. The largest absolute Gasteiger partial charge is 0.493 e. The first kappa shape index (κ1) is 24.8. The van der Waals surface area contributed by atoms with Crippen molar-refractivity contribution in [3.63, 3.8) is 0 Å². The van der Waals surface area contributed by atoms with Gasteiger partial charge in [-0.25, -0.2) is 0 Å². The molecule has 3 rings (SSSR count). The predicted molar refractivity (Wildman–Crippen MR) is 133 cm³/mol. The molecule has 6 nitrogen and oxygen atoms in total. The molecule has 0 radical (unpaired) electrons. The van der Waals surface area contributed by atoms with Gasteiger partial charge in [0.15, 0.2) is 5.96 Å². The van der Waals surface area contributed by atoms with Gasteiger partial charge in [0, 0.05) is 45.1 Å². The first-order valence-corrected chi connectivity index (χ1v) is 11.1. The Morgan fingerprint density at radius 3 is 2.67 bits per heavy atom. The summed E-state index contributed by atoms with van der Waals surface area (Å²) in [6.07, 6.45) is 5.77. The Labute approximate surface area is 198 Å². The first-order valence-electron chi connectivity index (χ1n) is 11.1. The van der Waals surface area contributed by atoms with E-state index in [0.717, 1.165) is 76.5 Å². The Morgan fingerprint density at radius 1 is 1.27 bits per heavy atom.